The van der Waals surface area contributed by atoms with E-state index in [1.54, 1.807) is 25.1 Å². The van der Waals surface area contributed by atoms with Gasteiger partial charge in [0, 0.05) is 11.3 Å². The maximum absolute atomic E-state index is 13.7. The highest BCUT2D eigenvalue weighted by atomic mass is 19.1. The number of anilines is 2. The summed E-state index contributed by atoms with van der Waals surface area (Å²) in [7, 11) is 0. The minimum absolute atomic E-state index is 0.205. The Bertz CT molecular complexity index is 660. The van der Waals surface area contributed by atoms with E-state index in [2.05, 4.69) is 5.32 Å². The van der Waals surface area contributed by atoms with Crippen LogP contribution in [0.2, 0.25) is 0 Å². The average molecular weight is 272 g/mol. The van der Waals surface area contributed by atoms with Crippen molar-refractivity contribution in [3.8, 4) is 0 Å². The first-order chi connectivity index (χ1) is 9.40. The lowest BCUT2D eigenvalue weighted by molar-refractivity contribution is 0.102. The van der Waals surface area contributed by atoms with Crippen molar-refractivity contribution in [2.45, 2.75) is 20.8 Å². The second-order valence-electron chi connectivity index (χ2n) is 4.91. The standard InChI is InChI=1S/C16H17FN2O/c1-9-5-4-6-13(17)15(9)19-16(20)12-8-14(18)11(3)7-10(12)2/h4-8H,18H2,1-3H3,(H,19,20). The van der Waals surface area contributed by atoms with Gasteiger partial charge in [-0.3, -0.25) is 4.79 Å². The minimum atomic E-state index is -0.448. The van der Waals surface area contributed by atoms with Gasteiger partial charge < -0.3 is 11.1 Å². The number of aryl methyl sites for hydroxylation is 3. The number of carbonyl (C=O) groups is 1. The van der Waals surface area contributed by atoms with E-state index < -0.39 is 5.82 Å². The minimum Gasteiger partial charge on any atom is -0.398 e. The summed E-state index contributed by atoms with van der Waals surface area (Å²) < 4.78 is 13.7. The molecule has 0 aliphatic rings. The Balaban J connectivity index is 2.36. The van der Waals surface area contributed by atoms with Gasteiger partial charge in [0.15, 0.2) is 0 Å². The molecule has 0 aromatic heterocycles. The van der Waals surface area contributed by atoms with E-state index in [1.165, 1.54) is 6.07 Å². The molecule has 0 radical (unpaired) electrons. The van der Waals surface area contributed by atoms with E-state index in [-0.39, 0.29) is 11.6 Å². The second kappa shape index (κ2) is 5.33. The third-order valence-corrected chi connectivity index (χ3v) is 3.32. The molecule has 2 aromatic carbocycles. The van der Waals surface area contributed by atoms with Crippen LogP contribution in [0, 0.1) is 26.6 Å². The summed E-state index contributed by atoms with van der Waals surface area (Å²) in [5.74, 6) is -0.807. The Hall–Kier alpha value is -2.36. The van der Waals surface area contributed by atoms with Gasteiger partial charge in [0.05, 0.1) is 5.69 Å². The number of benzene rings is 2. The molecule has 2 rings (SSSR count). The molecule has 0 atom stereocenters. The molecule has 3 N–H and O–H groups in total. The molecule has 0 saturated carbocycles. The van der Waals surface area contributed by atoms with Gasteiger partial charge in [-0.05, 0) is 49.6 Å². The monoisotopic (exact) mass is 272 g/mol. The molecule has 0 fully saturated rings. The molecule has 0 saturated heterocycles. The normalized spacial score (nSPS) is 10.4. The van der Waals surface area contributed by atoms with Gasteiger partial charge in [-0.1, -0.05) is 18.2 Å². The van der Waals surface area contributed by atoms with Gasteiger partial charge in [-0.15, -0.1) is 0 Å². The van der Waals surface area contributed by atoms with Gasteiger partial charge >= 0.3 is 0 Å². The van der Waals surface area contributed by atoms with Crippen LogP contribution in [0.1, 0.15) is 27.0 Å². The van der Waals surface area contributed by atoms with Crippen molar-refractivity contribution in [2.75, 3.05) is 11.1 Å². The summed E-state index contributed by atoms with van der Waals surface area (Å²) in [4.78, 5) is 12.3. The molecule has 0 heterocycles. The van der Waals surface area contributed by atoms with Gasteiger partial charge in [0.1, 0.15) is 5.82 Å². The third kappa shape index (κ3) is 2.64. The Kier molecular flexibility index (Phi) is 3.74. The molecule has 1 amide bonds. The van der Waals surface area contributed by atoms with Gasteiger partial charge in [-0.25, -0.2) is 4.39 Å². The number of nitrogens with two attached hydrogens (primary N) is 1. The maximum Gasteiger partial charge on any atom is 0.256 e. The molecule has 0 aliphatic heterocycles. The molecular weight excluding hydrogens is 255 g/mol. The number of hydrogen-bond acceptors (Lipinski definition) is 2. The lowest BCUT2D eigenvalue weighted by Crippen LogP contribution is -2.16. The van der Waals surface area contributed by atoms with E-state index in [0.717, 1.165) is 11.1 Å². The Morgan fingerprint density at radius 3 is 2.45 bits per heavy atom. The van der Waals surface area contributed by atoms with Crippen LogP contribution < -0.4 is 11.1 Å². The van der Waals surface area contributed by atoms with Crippen molar-refractivity contribution in [3.05, 3.63) is 58.4 Å². The number of para-hydroxylation sites is 1. The summed E-state index contributed by atoms with van der Waals surface area (Å²) in [6.45, 7) is 5.45. The van der Waals surface area contributed by atoms with Crippen molar-refractivity contribution < 1.29 is 9.18 Å². The number of nitrogen functional groups attached to an aromatic ring is 1. The zero-order valence-corrected chi connectivity index (χ0v) is 11.8. The summed E-state index contributed by atoms with van der Waals surface area (Å²) in [5.41, 5.74) is 9.44. The summed E-state index contributed by atoms with van der Waals surface area (Å²) in [6, 6.07) is 8.14. The van der Waals surface area contributed by atoms with Crippen LogP contribution in [0.5, 0.6) is 0 Å². The van der Waals surface area contributed by atoms with Crippen LogP contribution in [-0.2, 0) is 0 Å². The second-order valence-corrected chi connectivity index (χ2v) is 4.91. The van der Waals surface area contributed by atoms with E-state index in [4.69, 9.17) is 5.73 Å². The molecule has 4 heteroatoms. The summed E-state index contributed by atoms with van der Waals surface area (Å²) in [6.07, 6.45) is 0. The quantitative estimate of drug-likeness (QED) is 0.821. The highest BCUT2D eigenvalue weighted by molar-refractivity contribution is 6.06. The van der Waals surface area contributed by atoms with Crippen LogP contribution in [0.25, 0.3) is 0 Å². The van der Waals surface area contributed by atoms with Crippen molar-refractivity contribution in [2.24, 2.45) is 0 Å². The van der Waals surface area contributed by atoms with E-state index >= 15 is 0 Å². The smallest absolute Gasteiger partial charge is 0.256 e. The highest BCUT2D eigenvalue weighted by Gasteiger charge is 2.14. The average Bonchev–Trinajstić information content (AvgIpc) is 2.38. The number of rotatable bonds is 2. The lowest BCUT2D eigenvalue weighted by atomic mass is 10.0. The number of amides is 1. The van der Waals surface area contributed by atoms with Crippen LogP contribution in [0.4, 0.5) is 15.8 Å². The summed E-state index contributed by atoms with van der Waals surface area (Å²) in [5, 5.41) is 2.61. The number of hydrogen-bond donors (Lipinski definition) is 2. The van der Waals surface area contributed by atoms with Gasteiger partial charge in [-0.2, -0.15) is 0 Å². The predicted octanol–water partition coefficient (Wildman–Crippen LogP) is 3.59. The van der Waals surface area contributed by atoms with Crippen molar-refractivity contribution in [3.63, 3.8) is 0 Å². The lowest BCUT2D eigenvalue weighted by Gasteiger charge is -2.12. The number of carbonyl (C=O) groups excluding carboxylic acids is 1. The summed E-state index contributed by atoms with van der Waals surface area (Å²) >= 11 is 0. The highest BCUT2D eigenvalue weighted by Crippen LogP contribution is 2.22. The van der Waals surface area contributed by atoms with Crippen molar-refractivity contribution in [1.82, 2.24) is 0 Å². The molecular formula is C16H17FN2O. The predicted molar refractivity (Wildman–Crippen MR) is 79.4 cm³/mol. The first-order valence-corrected chi connectivity index (χ1v) is 6.33. The fraction of sp³-hybridized carbons (Fsp3) is 0.188. The molecule has 3 nitrogen and oxygen atoms in total. The fourth-order valence-corrected chi connectivity index (χ4v) is 2.08. The zero-order valence-electron chi connectivity index (χ0n) is 11.8. The van der Waals surface area contributed by atoms with Crippen LogP contribution >= 0.6 is 0 Å². The molecule has 2 aromatic rings. The largest absolute Gasteiger partial charge is 0.398 e. The third-order valence-electron chi connectivity index (χ3n) is 3.32. The Morgan fingerprint density at radius 1 is 1.10 bits per heavy atom. The van der Waals surface area contributed by atoms with Crippen molar-refractivity contribution in [1.29, 1.82) is 0 Å². The topological polar surface area (TPSA) is 55.1 Å². The molecule has 20 heavy (non-hydrogen) atoms. The van der Waals surface area contributed by atoms with E-state index in [0.29, 0.717) is 16.8 Å². The maximum atomic E-state index is 13.7. The number of nitrogens with one attached hydrogen (secondary N) is 1. The molecule has 0 spiro atoms. The fourth-order valence-electron chi connectivity index (χ4n) is 2.08. The molecule has 0 aliphatic carbocycles. The Labute approximate surface area is 117 Å². The first kappa shape index (κ1) is 14.1. The number of halogens is 1. The SMILES string of the molecule is Cc1cc(C)c(C(=O)Nc2c(C)cccc2F)cc1N. The molecule has 0 unspecified atom stereocenters. The van der Waals surface area contributed by atoms with Crippen LogP contribution in [-0.4, -0.2) is 5.91 Å². The van der Waals surface area contributed by atoms with E-state index in [9.17, 15) is 9.18 Å². The van der Waals surface area contributed by atoms with Gasteiger partial charge in [0.25, 0.3) is 5.91 Å². The van der Waals surface area contributed by atoms with Gasteiger partial charge in [0.2, 0.25) is 0 Å². The van der Waals surface area contributed by atoms with Crippen LogP contribution in [0.3, 0.4) is 0 Å². The van der Waals surface area contributed by atoms with Crippen LogP contribution in [0.15, 0.2) is 30.3 Å². The molecule has 104 valence electrons. The molecule has 0 bridgehead atoms. The first-order valence-electron chi connectivity index (χ1n) is 6.33. The Morgan fingerprint density at radius 2 is 1.80 bits per heavy atom. The van der Waals surface area contributed by atoms with E-state index in [1.807, 2.05) is 19.9 Å². The van der Waals surface area contributed by atoms with Crippen molar-refractivity contribution >= 4 is 17.3 Å². The zero-order chi connectivity index (χ0) is 14.9.